The van der Waals surface area contributed by atoms with Crippen molar-refractivity contribution in [3.8, 4) is 5.69 Å². The van der Waals surface area contributed by atoms with Crippen molar-refractivity contribution in [2.75, 3.05) is 12.3 Å². The van der Waals surface area contributed by atoms with Crippen molar-refractivity contribution in [1.82, 2.24) is 25.1 Å². The highest BCUT2D eigenvalue weighted by Gasteiger charge is 2.35. The van der Waals surface area contributed by atoms with Gasteiger partial charge < -0.3 is 4.90 Å². The fourth-order valence-electron chi connectivity index (χ4n) is 4.53. The van der Waals surface area contributed by atoms with Gasteiger partial charge in [0.15, 0.2) is 0 Å². The van der Waals surface area contributed by atoms with Gasteiger partial charge in [0.25, 0.3) is 0 Å². The Balaban J connectivity index is 1.46. The summed E-state index contributed by atoms with van der Waals surface area (Å²) >= 11 is 1.44. The van der Waals surface area contributed by atoms with Crippen LogP contribution in [0.1, 0.15) is 49.7 Å². The number of tetrazole rings is 1. The molecule has 7 heteroatoms. The van der Waals surface area contributed by atoms with E-state index in [4.69, 9.17) is 0 Å². The molecule has 1 amide bonds. The van der Waals surface area contributed by atoms with Crippen LogP contribution >= 0.6 is 11.8 Å². The van der Waals surface area contributed by atoms with Gasteiger partial charge in [-0.05, 0) is 73.1 Å². The van der Waals surface area contributed by atoms with Gasteiger partial charge in [-0.2, -0.15) is 4.68 Å². The van der Waals surface area contributed by atoms with Gasteiger partial charge in [-0.3, -0.25) is 4.79 Å². The molecule has 1 aromatic carbocycles. The van der Waals surface area contributed by atoms with Crippen LogP contribution in [0, 0.1) is 19.8 Å². The van der Waals surface area contributed by atoms with E-state index in [2.05, 4.69) is 40.3 Å². The van der Waals surface area contributed by atoms with Crippen molar-refractivity contribution in [2.45, 2.75) is 63.6 Å². The Morgan fingerprint density at radius 2 is 2.00 bits per heavy atom. The van der Waals surface area contributed by atoms with Gasteiger partial charge in [-0.1, -0.05) is 36.7 Å². The normalized spacial score (nSPS) is 22.5. The summed E-state index contributed by atoms with van der Waals surface area (Å²) in [5.74, 6) is 1.34. The molecule has 2 heterocycles. The molecule has 1 aliphatic heterocycles. The molecule has 0 unspecified atom stereocenters. The molecular formula is C20H27N5OS. The molecule has 2 atom stereocenters. The zero-order valence-corrected chi connectivity index (χ0v) is 16.9. The zero-order chi connectivity index (χ0) is 18.8. The molecule has 1 aromatic heterocycles. The van der Waals surface area contributed by atoms with E-state index in [1.54, 1.807) is 4.68 Å². The molecule has 144 valence electrons. The van der Waals surface area contributed by atoms with Crippen LogP contribution < -0.4 is 0 Å². The number of rotatable bonds is 4. The lowest BCUT2D eigenvalue weighted by Gasteiger charge is -2.44. The minimum absolute atomic E-state index is 0.229. The Morgan fingerprint density at radius 1 is 1.19 bits per heavy atom. The lowest BCUT2D eigenvalue weighted by atomic mass is 9.78. The first kappa shape index (κ1) is 18.5. The first-order chi connectivity index (χ1) is 13.1. The predicted molar refractivity (Wildman–Crippen MR) is 106 cm³/mol. The molecular weight excluding hydrogens is 358 g/mol. The van der Waals surface area contributed by atoms with Gasteiger partial charge >= 0.3 is 0 Å². The predicted octanol–water partition coefficient (Wildman–Crippen LogP) is 3.55. The fourth-order valence-corrected chi connectivity index (χ4v) is 5.30. The van der Waals surface area contributed by atoms with Crippen LogP contribution in [0.25, 0.3) is 5.69 Å². The molecule has 27 heavy (non-hydrogen) atoms. The summed E-state index contributed by atoms with van der Waals surface area (Å²) in [7, 11) is 0. The van der Waals surface area contributed by atoms with Crippen LogP contribution in [0.4, 0.5) is 0 Å². The first-order valence-corrected chi connectivity index (χ1v) is 10.9. The highest BCUT2D eigenvalue weighted by molar-refractivity contribution is 7.99. The van der Waals surface area contributed by atoms with Crippen LogP contribution in [0.3, 0.4) is 0 Å². The Kier molecular flexibility index (Phi) is 5.48. The van der Waals surface area contributed by atoms with E-state index >= 15 is 0 Å². The molecule has 1 saturated heterocycles. The molecule has 2 aliphatic rings. The summed E-state index contributed by atoms with van der Waals surface area (Å²) in [5.41, 5.74) is 3.33. The minimum atomic E-state index is 0.229. The number of thioether (sulfide) groups is 1. The third-order valence-corrected chi connectivity index (χ3v) is 7.04. The standard InChI is InChI=1S/C20H27N5OS/c1-14-7-5-11-17(15(14)2)25-20(21-22-23-25)27-13-19(26)24-12-6-9-16-8-3-4-10-18(16)24/h5,7,11,16,18H,3-4,6,8-10,12-13H2,1-2H3/t16-,18+/m0/s1. The van der Waals surface area contributed by atoms with Crippen molar-refractivity contribution >= 4 is 17.7 Å². The fraction of sp³-hybridized carbons (Fsp3) is 0.600. The van der Waals surface area contributed by atoms with Crippen LogP contribution in [-0.4, -0.2) is 49.4 Å². The third-order valence-electron chi connectivity index (χ3n) is 6.13. The molecule has 0 spiro atoms. The van der Waals surface area contributed by atoms with E-state index in [1.807, 2.05) is 12.1 Å². The SMILES string of the molecule is Cc1cccc(-n2nnnc2SCC(=O)N2CCC[C@@H]3CCCC[C@H]32)c1C. The van der Waals surface area contributed by atoms with Crippen LogP contribution in [0.2, 0.25) is 0 Å². The molecule has 0 N–H and O–H groups in total. The molecule has 1 aliphatic carbocycles. The second-order valence-electron chi connectivity index (χ2n) is 7.72. The lowest BCUT2D eigenvalue weighted by molar-refractivity contribution is -0.134. The highest BCUT2D eigenvalue weighted by Crippen LogP contribution is 2.35. The summed E-state index contributed by atoms with van der Waals surface area (Å²) in [6, 6.07) is 6.56. The summed E-state index contributed by atoms with van der Waals surface area (Å²) < 4.78 is 1.75. The number of aromatic nitrogens is 4. The molecule has 2 fully saturated rings. The Hall–Kier alpha value is -1.89. The minimum Gasteiger partial charge on any atom is -0.339 e. The number of piperidine rings is 1. The van der Waals surface area contributed by atoms with E-state index in [1.165, 1.54) is 49.4 Å². The van der Waals surface area contributed by atoms with E-state index < -0.39 is 0 Å². The van der Waals surface area contributed by atoms with E-state index in [0.717, 1.165) is 24.2 Å². The van der Waals surface area contributed by atoms with Gasteiger partial charge in [-0.15, -0.1) is 5.10 Å². The third kappa shape index (κ3) is 3.74. The van der Waals surface area contributed by atoms with Gasteiger partial charge in [0.05, 0.1) is 11.4 Å². The average molecular weight is 386 g/mol. The second-order valence-corrected chi connectivity index (χ2v) is 8.66. The topological polar surface area (TPSA) is 63.9 Å². The number of carbonyl (C=O) groups excluding carboxylic acids is 1. The number of likely N-dealkylation sites (tertiary alicyclic amines) is 1. The summed E-state index contributed by atoms with van der Waals surface area (Å²) in [6.45, 7) is 5.06. The van der Waals surface area contributed by atoms with E-state index in [9.17, 15) is 4.79 Å². The summed E-state index contributed by atoms with van der Waals surface area (Å²) in [5, 5.41) is 12.8. The molecule has 6 nitrogen and oxygen atoms in total. The van der Waals surface area contributed by atoms with E-state index in [0.29, 0.717) is 22.9 Å². The number of amides is 1. The van der Waals surface area contributed by atoms with Crippen LogP contribution in [0.15, 0.2) is 23.4 Å². The molecule has 4 rings (SSSR count). The number of aryl methyl sites for hydroxylation is 1. The van der Waals surface area contributed by atoms with Crippen LogP contribution in [-0.2, 0) is 4.79 Å². The number of benzene rings is 1. The monoisotopic (exact) mass is 385 g/mol. The smallest absolute Gasteiger partial charge is 0.233 e. The van der Waals surface area contributed by atoms with Crippen molar-refractivity contribution in [3.63, 3.8) is 0 Å². The van der Waals surface area contributed by atoms with Crippen molar-refractivity contribution in [3.05, 3.63) is 29.3 Å². The summed E-state index contributed by atoms with van der Waals surface area (Å²) in [4.78, 5) is 15.1. The highest BCUT2D eigenvalue weighted by atomic mass is 32.2. The molecule has 1 saturated carbocycles. The molecule has 0 bridgehead atoms. The van der Waals surface area contributed by atoms with Gasteiger partial charge in [0.2, 0.25) is 11.1 Å². The Bertz CT molecular complexity index is 818. The average Bonchev–Trinajstić information content (AvgIpc) is 3.16. The number of nitrogens with zero attached hydrogens (tertiary/aromatic N) is 5. The van der Waals surface area contributed by atoms with Crippen LogP contribution in [0.5, 0.6) is 0 Å². The van der Waals surface area contributed by atoms with Gasteiger partial charge in [0, 0.05) is 12.6 Å². The number of carbonyl (C=O) groups is 1. The quantitative estimate of drug-likeness (QED) is 0.753. The molecule has 0 radical (unpaired) electrons. The number of hydrogen-bond acceptors (Lipinski definition) is 5. The molecule has 2 aromatic rings. The van der Waals surface area contributed by atoms with Crippen molar-refractivity contribution in [2.24, 2.45) is 5.92 Å². The maximum absolute atomic E-state index is 12.9. The lowest BCUT2D eigenvalue weighted by Crippen LogP contribution is -2.50. The second kappa shape index (κ2) is 8.00. The number of hydrogen-bond donors (Lipinski definition) is 0. The van der Waals surface area contributed by atoms with Gasteiger partial charge in [0.1, 0.15) is 0 Å². The summed E-state index contributed by atoms with van der Waals surface area (Å²) in [6.07, 6.45) is 7.45. The van der Waals surface area contributed by atoms with Crippen molar-refractivity contribution in [1.29, 1.82) is 0 Å². The Morgan fingerprint density at radius 3 is 2.89 bits per heavy atom. The maximum atomic E-state index is 12.9. The largest absolute Gasteiger partial charge is 0.339 e. The van der Waals surface area contributed by atoms with E-state index in [-0.39, 0.29) is 5.91 Å². The number of fused-ring (bicyclic) bond motifs is 1. The Labute approximate surface area is 164 Å². The zero-order valence-electron chi connectivity index (χ0n) is 16.1. The maximum Gasteiger partial charge on any atom is 0.233 e. The van der Waals surface area contributed by atoms with Crippen molar-refractivity contribution < 1.29 is 4.79 Å². The first-order valence-electron chi connectivity index (χ1n) is 9.92. The van der Waals surface area contributed by atoms with Gasteiger partial charge in [-0.25, -0.2) is 0 Å².